The first-order valence-electron chi connectivity index (χ1n) is 5.38. The Morgan fingerprint density at radius 2 is 2.12 bits per heavy atom. The van der Waals surface area contributed by atoms with Crippen molar-refractivity contribution in [2.45, 2.75) is 6.42 Å². The minimum absolute atomic E-state index is 0.431. The second-order valence-corrected chi connectivity index (χ2v) is 3.54. The highest BCUT2D eigenvalue weighted by atomic mass is 14.9. The average Bonchev–Trinajstić information content (AvgIpc) is 2.41. The predicted molar refractivity (Wildman–Crippen MR) is 65.4 cm³/mol. The Morgan fingerprint density at radius 1 is 1.18 bits per heavy atom. The van der Waals surface area contributed by atoms with E-state index in [9.17, 15) is 0 Å². The van der Waals surface area contributed by atoms with Gasteiger partial charge in [-0.05, 0) is 24.3 Å². The van der Waals surface area contributed by atoms with Crippen molar-refractivity contribution in [3.8, 4) is 6.07 Å². The number of pyridine rings is 2. The van der Waals surface area contributed by atoms with E-state index in [2.05, 4.69) is 15.3 Å². The Hall–Kier alpha value is -2.41. The van der Waals surface area contributed by atoms with Crippen molar-refractivity contribution < 1.29 is 0 Å². The molecule has 1 N–H and O–H groups in total. The predicted octanol–water partition coefficient (Wildman–Crippen LogP) is 2.00. The lowest BCUT2D eigenvalue weighted by atomic mass is 10.2. The zero-order chi connectivity index (χ0) is 11.9. The normalized spacial score (nSPS) is 9.59. The van der Waals surface area contributed by atoms with Crippen LogP contribution < -0.4 is 5.32 Å². The van der Waals surface area contributed by atoms with Gasteiger partial charge in [0.25, 0.3) is 0 Å². The summed E-state index contributed by atoms with van der Waals surface area (Å²) in [5, 5.41) is 11.8. The van der Waals surface area contributed by atoms with Gasteiger partial charge in [-0.15, -0.1) is 0 Å². The van der Waals surface area contributed by atoms with E-state index in [4.69, 9.17) is 5.26 Å². The maximum Gasteiger partial charge on any atom is 0.140 e. The van der Waals surface area contributed by atoms with Crippen molar-refractivity contribution in [1.82, 2.24) is 9.97 Å². The van der Waals surface area contributed by atoms with Crippen LogP contribution >= 0.6 is 0 Å². The second-order valence-electron chi connectivity index (χ2n) is 3.54. The molecule has 0 radical (unpaired) electrons. The molecule has 4 nitrogen and oxygen atoms in total. The number of nitriles is 1. The van der Waals surface area contributed by atoms with Crippen LogP contribution in [0.15, 0.2) is 42.7 Å². The molecule has 2 aromatic heterocycles. The number of aromatic nitrogens is 2. The smallest absolute Gasteiger partial charge is 0.140 e. The molecular formula is C13H12N4. The Bertz CT molecular complexity index is 499. The van der Waals surface area contributed by atoms with Gasteiger partial charge < -0.3 is 5.32 Å². The third kappa shape index (κ3) is 3.28. The molecule has 0 aliphatic heterocycles. The van der Waals surface area contributed by atoms with Gasteiger partial charge in [0.2, 0.25) is 0 Å². The van der Waals surface area contributed by atoms with Crippen molar-refractivity contribution in [3.05, 3.63) is 54.1 Å². The summed E-state index contributed by atoms with van der Waals surface area (Å²) in [5.41, 5.74) is 2.40. The van der Waals surface area contributed by atoms with Gasteiger partial charge in [-0.1, -0.05) is 6.07 Å². The number of rotatable bonds is 4. The average molecular weight is 224 g/mol. The van der Waals surface area contributed by atoms with Crippen molar-refractivity contribution in [1.29, 1.82) is 5.26 Å². The monoisotopic (exact) mass is 224 g/mol. The van der Waals surface area contributed by atoms with Crippen LogP contribution in [-0.4, -0.2) is 16.5 Å². The summed E-state index contributed by atoms with van der Waals surface area (Å²) >= 11 is 0. The zero-order valence-corrected chi connectivity index (χ0v) is 9.30. The molecule has 0 bridgehead atoms. The Kier molecular flexibility index (Phi) is 3.66. The van der Waals surface area contributed by atoms with Gasteiger partial charge in [0, 0.05) is 24.9 Å². The van der Waals surface area contributed by atoms with Crippen LogP contribution in [0.4, 0.5) is 5.69 Å². The third-order valence-corrected chi connectivity index (χ3v) is 2.31. The number of hydrogen-bond acceptors (Lipinski definition) is 4. The Balaban J connectivity index is 1.84. The van der Waals surface area contributed by atoms with E-state index < -0.39 is 0 Å². The van der Waals surface area contributed by atoms with E-state index in [1.165, 1.54) is 0 Å². The summed E-state index contributed by atoms with van der Waals surface area (Å²) < 4.78 is 0. The second kappa shape index (κ2) is 5.61. The van der Waals surface area contributed by atoms with Crippen molar-refractivity contribution in [2.75, 3.05) is 11.9 Å². The maximum absolute atomic E-state index is 8.61. The van der Waals surface area contributed by atoms with Crippen LogP contribution in [0, 0.1) is 11.3 Å². The van der Waals surface area contributed by atoms with E-state index in [0.717, 1.165) is 24.3 Å². The van der Waals surface area contributed by atoms with E-state index in [1.807, 2.05) is 30.3 Å². The van der Waals surface area contributed by atoms with Crippen LogP contribution in [0.2, 0.25) is 0 Å². The van der Waals surface area contributed by atoms with Crippen LogP contribution in [0.25, 0.3) is 0 Å². The largest absolute Gasteiger partial charge is 0.383 e. The molecule has 0 amide bonds. The maximum atomic E-state index is 8.61. The highest BCUT2D eigenvalue weighted by molar-refractivity contribution is 5.42. The first kappa shape index (κ1) is 11.1. The Morgan fingerprint density at radius 3 is 2.76 bits per heavy atom. The van der Waals surface area contributed by atoms with Crippen LogP contribution in [0.1, 0.15) is 11.4 Å². The minimum Gasteiger partial charge on any atom is -0.383 e. The van der Waals surface area contributed by atoms with Crippen molar-refractivity contribution in [2.24, 2.45) is 0 Å². The third-order valence-electron chi connectivity index (χ3n) is 2.31. The first-order chi connectivity index (χ1) is 8.38. The number of anilines is 1. The number of hydrogen-bond donors (Lipinski definition) is 1. The van der Waals surface area contributed by atoms with Crippen LogP contribution in [0.3, 0.4) is 0 Å². The summed E-state index contributed by atoms with van der Waals surface area (Å²) in [7, 11) is 0. The Labute approximate surface area is 100.0 Å². The van der Waals surface area contributed by atoms with E-state index >= 15 is 0 Å². The molecule has 0 unspecified atom stereocenters. The fourth-order valence-corrected chi connectivity index (χ4v) is 1.45. The minimum atomic E-state index is 0.431. The molecule has 0 saturated carbocycles. The molecule has 0 spiro atoms. The number of nitrogens with zero attached hydrogens (tertiary/aromatic N) is 3. The van der Waals surface area contributed by atoms with E-state index in [1.54, 1.807) is 18.5 Å². The van der Waals surface area contributed by atoms with Gasteiger partial charge in [0.15, 0.2) is 0 Å². The summed E-state index contributed by atoms with van der Waals surface area (Å²) in [6, 6.07) is 11.4. The van der Waals surface area contributed by atoms with Gasteiger partial charge in [-0.3, -0.25) is 4.98 Å². The molecule has 4 heteroatoms. The van der Waals surface area contributed by atoms with Crippen molar-refractivity contribution in [3.63, 3.8) is 0 Å². The molecule has 2 rings (SSSR count). The summed E-state index contributed by atoms with van der Waals surface area (Å²) in [5.74, 6) is 0. The molecule has 0 aromatic carbocycles. The van der Waals surface area contributed by atoms with E-state index in [-0.39, 0.29) is 0 Å². The topological polar surface area (TPSA) is 61.6 Å². The van der Waals surface area contributed by atoms with Gasteiger partial charge in [0.05, 0.1) is 11.9 Å². The highest BCUT2D eigenvalue weighted by Crippen LogP contribution is 2.05. The quantitative estimate of drug-likeness (QED) is 0.862. The molecule has 0 fully saturated rings. The summed E-state index contributed by atoms with van der Waals surface area (Å²) in [6.07, 6.45) is 4.32. The first-order valence-corrected chi connectivity index (χ1v) is 5.38. The number of nitrogens with one attached hydrogen (secondary N) is 1. The summed E-state index contributed by atoms with van der Waals surface area (Å²) in [6.45, 7) is 0.796. The summed E-state index contributed by atoms with van der Waals surface area (Å²) in [4.78, 5) is 8.22. The standard InChI is InChI=1S/C13H12N4/c14-9-12-4-5-13(10-17-12)16-8-6-11-3-1-2-7-15-11/h1-5,7,10,16H,6,8H2. The van der Waals surface area contributed by atoms with Gasteiger partial charge in [0.1, 0.15) is 11.8 Å². The zero-order valence-electron chi connectivity index (χ0n) is 9.30. The fraction of sp³-hybridized carbons (Fsp3) is 0.154. The molecular weight excluding hydrogens is 212 g/mol. The molecule has 0 aliphatic carbocycles. The molecule has 17 heavy (non-hydrogen) atoms. The van der Waals surface area contributed by atoms with Gasteiger partial charge in [-0.2, -0.15) is 5.26 Å². The van der Waals surface area contributed by atoms with Crippen LogP contribution in [-0.2, 0) is 6.42 Å². The van der Waals surface area contributed by atoms with Crippen LogP contribution in [0.5, 0.6) is 0 Å². The molecule has 84 valence electrons. The van der Waals surface area contributed by atoms with E-state index in [0.29, 0.717) is 5.69 Å². The molecule has 0 atom stereocenters. The van der Waals surface area contributed by atoms with Gasteiger partial charge >= 0.3 is 0 Å². The highest BCUT2D eigenvalue weighted by Gasteiger charge is 1.95. The molecule has 2 aromatic rings. The van der Waals surface area contributed by atoms with Crippen molar-refractivity contribution >= 4 is 5.69 Å². The fourth-order valence-electron chi connectivity index (χ4n) is 1.45. The lowest BCUT2D eigenvalue weighted by Gasteiger charge is -2.05. The SMILES string of the molecule is N#Cc1ccc(NCCc2ccccn2)cn1. The lowest BCUT2D eigenvalue weighted by Crippen LogP contribution is -2.06. The lowest BCUT2D eigenvalue weighted by molar-refractivity contribution is 0.960. The molecule has 0 saturated heterocycles. The molecule has 0 aliphatic rings. The molecule has 2 heterocycles. The van der Waals surface area contributed by atoms with Gasteiger partial charge in [-0.25, -0.2) is 4.98 Å².